The van der Waals surface area contributed by atoms with Crippen LogP contribution in [0.5, 0.6) is 0 Å². The van der Waals surface area contributed by atoms with Crippen molar-refractivity contribution in [1.29, 1.82) is 0 Å². The number of alkyl halides is 2. The molecule has 3 N–H and O–H groups in total. The van der Waals surface area contributed by atoms with Gasteiger partial charge in [-0.1, -0.05) is 30.3 Å². The number of aliphatic hydroxyl groups excluding tert-OH is 1. The van der Waals surface area contributed by atoms with E-state index < -0.39 is 23.9 Å². The van der Waals surface area contributed by atoms with Crippen molar-refractivity contribution in [2.45, 2.75) is 52.6 Å². The highest BCUT2D eigenvalue weighted by atomic mass is 19.3. The Bertz CT molecular complexity index is 1500. The summed E-state index contributed by atoms with van der Waals surface area (Å²) in [6.45, 7) is 7.55. The topological polar surface area (TPSA) is 78.0 Å². The number of anilines is 1. The lowest BCUT2D eigenvalue weighted by molar-refractivity contribution is -0.0285. The second-order valence-electron chi connectivity index (χ2n) is 10.3. The molecular weight excluding hydrogens is 484 g/mol. The Kier molecular flexibility index (Phi) is 6.65. The minimum absolute atomic E-state index is 0.0915. The highest BCUT2D eigenvalue weighted by Gasteiger charge is 2.47. The molecular formula is C31H31F2N3O2. The number of carbonyl (C=O) groups excluding carboxylic acids is 1. The molecule has 38 heavy (non-hydrogen) atoms. The average Bonchev–Trinajstić information content (AvgIpc) is 3.66. The summed E-state index contributed by atoms with van der Waals surface area (Å²) in [7, 11) is 0. The quantitative estimate of drug-likeness (QED) is 0.239. The van der Waals surface area contributed by atoms with Gasteiger partial charge in [-0.25, -0.2) is 13.8 Å². The largest absolute Gasteiger partial charge is 0.389 e. The van der Waals surface area contributed by atoms with Gasteiger partial charge in [-0.15, -0.1) is 0 Å². The Hall–Kier alpha value is -3.84. The molecule has 5 nitrogen and oxygen atoms in total. The zero-order chi connectivity index (χ0) is 27.2. The van der Waals surface area contributed by atoms with Crippen LogP contribution >= 0.6 is 0 Å². The van der Waals surface area contributed by atoms with Gasteiger partial charge in [0.1, 0.15) is 11.5 Å². The second-order valence-corrected chi connectivity index (χ2v) is 10.3. The van der Waals surface area contributed by atoms with E-state index in [-0.39, 0.29) is 11.3 Å². The van der Waals surface area contributed by atoms with Gasteiger partial charge in [-0.2, -0.15) is 0 Å². The van der Waals surface area contributed by atoms with Crippen LogP contribution in [0.1, 0.15) is 64.3 Å². The van der Waals surface area contributed by atoms with Crippen molar-refractivity contribution in [3.63, 3.8) is 0 Å². The Labute approximate surface area is 221 Å². The highest BCUT2D eigenvalue weighted by molar-refractivity contribution is 6.04. The van der Waals surface area contributed by atoms with Gasteiger partial charge in [0.25, 0.3) is 11.8 Å². The number of imidazole rings is 1. The number of aliphatic hydroxyl groups is 1. The van der Waals surface area contributed by atoms with Crippen LogP contribution in [0.3, 0.4) is 0 Å². The molecule has 4 aromatic rings. The third-order valence-electron chi connectivity index (χ3n) is 7.18. The van der Waals surface area contributed by atoms with Crippen molar-refractivity contribution >= 4 is 11.6 Å². The maximum Gasteiger partial charge on any atom is 0.276 e. The highest BCUT2D eigenvalue weighted by Crippen LogP contribution is 2.50. The summed E-state index contributed by atoms with van der Waals surface area (Å²) < 4.78 is 29.2. The maximum absolute atomic E-state index is 14.6. The van der Waals surface area contributed by atoms with Crippen molar-refractivity contribution in [1.82, 2.24) is 9.97 Å². The molecule has 5 rings (SSSR count). The lowest BCUT2D eigenvalue weighted by Gasteiger charge is -2.17. The van der Waals surface area contributed by atoms with Crippen molar-refractivity contribution in [2.24, 2.45) is 5.92 Å². The Balaban J connectivity index is 1.47. The van der Waals surface area contributed by atoms with Crippen LogP contribution in [0.2, 0.25) is 0 Å². The molecule has 1 aliphatic rings. The van der Waals surface area contributed by atoms with Crippen LogP contribution in [0.4, 0.5) is 14.5 Å². The fraction of sp³-hybridized carbons (Fsp3) is 0.290. The molecule has 0 saturated heterocycles. The molecule has 1 aliphatic carbocycles. The number of nitrogens with one attached hydrogen (secondary N) is 2. The first kappa shape index (κ1) is 25.8. The molecule has 7 heteroatoms. The minimum Gasteiger partial charge on any atom is -0.389 e. The number of hydrogen-bond acceptors (Lipinski definition) is 3. The molecule has 1 unspecified atom stereocenters. The standard InChI is InChI=1S/C31H31F2N3O2/c1-17-7-5-8-18(2)27(17)22-13-21(20(4)37)14-23(15-22)29-34-19(3)28(36-29)30(38)35-26-10-6-9-25(16-26)31(32,33)24-11-12-24/h5-10,13-16,20,24,37H,11-12H2,1-4H3,(H,34,36)(H,35,38). The zero-order valence-corrected chi connectivity index (χ0v) is 21.9. The van der Waals surface area contributed by atoms with Gasteiger partial charge < -0.3 is 15.4 Å². The lowest BCUT2D eigenvalue weighted by atomic mass is 9.92. The number of aromatic nitrogens is 2. The van der Waals surface area contributed by atoms with Crippen molar-refractivity contribution in [2.75, 3.05) is 5.32 Å². The summed E-state index contributed by atoms with van der Waals surface area (Å²) in [6.07, 6.45) is 0.332. The molecule has 3 aromatic carbocycles. The number of hydrogen-bond donors (Lipinski definition) is 3. The zero-order valence-electron chi connectivity index (χ0n) is 21.9. The van der Waals surface area contributed by atoms with E-state index in [2.05, 4.69) is 15.3 Å². The smallest absolute Gasteiger partial charge is 0.276 e. The van der Waals surface area contributed by atoms with Crippen LogP contribution in [0, 0.1) is 26.7 Å². The van der Waals surface area contributed by atoms with Gasteiger partial charge in [0.2, 0.25) is 0 Å². The molecule has 1 heterocycles. The molecule has 1 atom stereocenters. The summed E-state index contributed by atoms with van der Waals surface area (Å²) in [5.74, 6) is -3.54. The van der Waals surface area contributed by atoms with Crippen LogP contribution in [-0.2, 0) is 5.92 Å². The normalized spacial score (nSPS) is 14.4. The molecule has 1 aromatic heterocycles. The van der Waals surface area contributed by atoms with Crippen LogP contribution in [-0.4, -0.2) is 21.0 Å². The van der Waals surface area contributed by atoms with Gasteiger partial charge in [-0.05, 0) is 98.7 Å². The molecule has 1 saturated carbocycles. The maximum atomic E-state index is 14.6. The first-order chi connectivity index (χ1) is 18.0. The first-order valence-corrected chi connectivity index (χ1v) is 12.8. The summed E-state index contributed by atoms with van der Waals surface area (Å²) in [6, 6.07) is 17.8. The number of rotatable bonds is 7. The number of aryl methyl sites for hydroxylation is 3. The van der Waals surface area contributed by atoms with E-state index >= 15 is 0 Å². The van der Waals surface area contributed by atoms with Gasteiger partial charge in [-0.3, -0.25) is 4.79 Å². The second kappa shape index (κ2) is 9.80. The van der Waals surface area contributed by atoms with Gasteiger partial charge in [0, 0.05) is 28.4 Å². The third kappa shape index (κ3) is 4.98. The van der Waals surface area contributed by atoms with E-state index in [1.807, 2.05) is 50.2 Å². The summed E-state index contributed by atoms with van der Waals surface area (Å²) in [5.41, 5.74) is 6.65. The predicted molar refractivity (Wildman–Crippen MR) is 145 cm³/mol. The van der Waals surface area contributed by atoms with E-state index in [1.165, 1.54) is 18.2 Å². The van der Waals surface area contributed by atoms with Crippen LogP contribution in [0.15, 0.2) is 60.7 Å². The van der Waals surface area contributed by atoms with Gasteiger partial charge in [0.15, 0.2) is 0 Å². The Morgan fingerprint density at radius 2 is 1.68 bits per heavy atom. The number of carbonyl (C=O) groups is 1. The number of aromatic amines is 1. The summed E-state index contributed by atoms with van der Waals surface area (Å²) >= 11 is 0. The van der Waals surface area contributed by atoms with E-state index in [0.29, 0.717) is 30.0 Å². The van der Waals surface area contributed by atoms with Crippen molar-refractivity contribution in [3.05, 3.63) is 94.3 Å². The fourth-order valence-electron chi connectivity index (χ4n) is 4.94. The van der Waals surface area contributed by atoms with Crippen LogP contribution in [0.25, 0.3) is 22.5 Å². The molecule has 0 radical (unpaired) electrons. The SMILES string of the molecule is Cc1cccc(C)c1-c1cc(-c2nc(C(=O)Nc3cccc(C(F)(F)C4CC4)c3)c(C)[nH]2)cc(C(C)O)c1. The number of amides is 1. The predicted octanol–water partition coefficient (Wildman–Crippen LogP) is 7.48. The molecule has 196 valence electrons. The minimum atomic E-state index is -2.90. The van der Waals surface area contributed by atoms with Gasteiger partial charge >= 0.3 is 0 Å². The Morgan fingerprint density at radius 3 is 2.34 bits per heavy atom. The number of H-pyrrole nitrogens is 1. The van der Waals surface area contributed by atoms with Crippen molar-refractivity contribution < 1.29 is 18.7 Å². The third-order valence-corrected chi connectivity index (χ3v) is 7.18. The van der Waals surface area contributed by atoms with E-state index in [4.69, 9.17) is 0 Å². The number of nitrogens with zero attached hydrogens (tertiary/aromatic N) is 1. The number of halogens is 2. The van der Waals surface area contributed by atoms with E-state index in [0.717, 1.165) is 33.4 Å². The lowest BCUT2D eigenvalue weighted by Crippen LogP contribution is -2.18. The number of benzene rings is 3. The first-order valence-electron chi connectivity index (χ1n) is 12.8. The fourth-order valence-corrected chi connectivity index (χ4v) is 4.94. The van der Waals surface area contributed by atoms with Crippen LogP contribution < -0.4 is 5.32 Å². The molecule has 0 aliphatic heterocycles. The molecule has 1 fully saturated rings. The average molecular weight is 516 g/mol. The molecule has 0 spiro atoms. The van der Waals surface area contributed by atoms with Crippen molar-refractivity contribution in [3.8, 4) is 22.5 Å². The summed E-state index contributed by atoms with van der Waals surface area (Å²) in [5, 5.41) is 13.1. The van der Waals surface area contributed by atoms with Gasteiger partial charge in [0.05, 0.1) is 6.10 Å². The molecule has 1 amide bonds. The van der Waals surface area contributed by atoms with E-state index in [1.54, 1.807) is 19.9 Å². The molecule has 0 bridgehead atoms. The monoisotopic (exact) mass is 515 g/mol. The van der Waals surface area contributed by atoms with E-state index in [9.17, 15) is 18.7 Å². The Morgan fingerprint density at radius 1 is 1.03 bits per heavy atom. The summed E-state index contributed by atoms with van der Waals surface area (Å²) in [4.78, 5) is 20.9.